The predicted octanol–water partition coefficient (Wildman–Crippen LogP) is 2.81. The molecule has 1 heterocycles. The molecule has 1 aromatic carbocycles. The molecule has 1 aliphatic heterocycles. The summed E-state index contributed by atoms with van der Waals surface area (Å²) >= 11 is 1.29. The van der Waals surface area contributed by atoms with E-state index in [1.807, 2.05) is 39.5 Å². The molecule has 0 saturated heterocycles. The molecule has 180 valence electrons. The average molecular weight is 477 g/mol. The van der Waals surface area contributed by atoms with E-state index in [2.05, 4.69) is 15.6 Å². The van der Waals surface area contributed by atoms with Gasteiger partial charge >= 0.3 is 5.97 Å². The first-order valence-electron chi connectivity index (χ1n) is 10.9. The van der Waals surface area contributed by atoms with Crippen molar-refractivity contribution in [1.82, 2.24) is 10.2 Å². The molecule has 2 unspecified atom stereocenters. The van der Waals surface area contributed by atoms with Crippen LogP contribution < -0.4 is 10.6 Å². The Morgan fingerprint density at radius 2 is 1.88 bits per heavy atom. The van der Waals surface area contributed by atoms with Crippen LogP contribution in [-0.4, -0.2) is 63.7 Å². The molecule has 1 aliphatic rings. The van der Waals surface area contributed by atoms with Gasteiger partial charge < -0.3 is 20.3 Å². The number of hydrogen-bond acceptors (Lipinski definition) is 7. The lowest BCUT2D eigenvalue weighted by Crippen LogP contribution is -2.46. The number of anilines is 1. The highest BCUT2D eigenvalue weighted by atomic mass is 32.2. The molecule has 0 spiro atoms. The number of hydrogen-bond donors (Lipinski definition) is 2. The SMILES string of the molecule is CCN(CC)C1=NC(=O)C(CC(=O)Nc2cccc(C(=O)OC(C)C(=O)NC(C)(C)C)c2)S1. The summed E-state index contributed by atoms with van der Waals surface area (Å²) in [5, 5.41) is 5.52. The molecule has 2 rings (SSSR count). The van der Waals surface area contributed by atoms with Gasteiger partial charge in [0.15, 0.2) is 11.3 Å². The van der Waals surface area contributed by atoms with Crippen LogP contribution in [0.4, 0.5) is 5.69 Å². The number of carbonyl (C=O) groups excluding carboxylic acids is 4. The average Bonchev–Trinajstić information content (AvgIpc) is 3.07. The van der Waals surface area contributed by atoms with Gasteiger partial charge in [0.25, 0.3) is 11.8 Å². The molecule has 0 bridgehead atoms. The minimum Gasteiger partial charge on any atom is -0.449 e. The van der Waals surface area contributed by atoms with E-state index < -0.39 is 28.8 Å². The maximum Gasteiger partial charge on any atom is 0.338 e. The van der Waals surface area contributed by atoms with Crippen LogP contribution in [0.5, 0.6) is 0 Å². The molecular formula is C23H32N4O5S. The van der Waals surface area contributed by atoms with Crippen molar-refractivity contribution in [3.05, 3.63) is 29.8 Å². The summed E-state index contributed by atoms with van der Waals surface area (Å²) in [4.78, 5) is 55.3. The van der Waals surface area contributed by atoms with Gasteiger partial charge in [-0.2, -0.15) is 4.99 Å². The largest absolute Gasteiger partial charge is 0.449 e. The van der Waals surface area contributed by atoms with Crippen LogP contribution in [0.3, 0.4) is 0 Å². The summed E-state index contributed by atoms with van der Waals surface area (Å²) in [5.74, 6) is -1.76. The van der Waals surface area contributed by atoms with Crippen molar-refractivity contribution in [1.29, 1.82) is 0 Å². The second-order valence-corrected chi connectivity index (χ2v) is 9.80. The topological polar surface area (TPSA) is 117 Å². The van der Waals surface area contributed by atoms with Crippen molar-refractivity contribution in [2.45, 2.75) is 64.9 Å². The Bertz CT molecular complexity index is 937. The van der Waals surface area contributed by atoms with Crippen LogP contribution in [-0.2, 0) is 19.1 Å². The first kappa shape index (κ1) is 26.4. The Hall–Kier alpha value is -2.88. The van der Waals surface area contributed by atoms with Gasteiger partial charge in [0, 0.05) is 30.7 Å². The number of benzene rings is 1. The number of nitrogens with zero attached hydrogens (tertiary/aromatic N) is 2. The van der Waals surface area contributed by atoms with Crippen LogP contribution in [0.15, 0.2) is 29.3 Å². The molecule has 2 N–H and O–H groups in total. The zero-order valence-electron chi connectivity index (χ0n) is 19.9. The molecule has 33 heavy (non-hydrogen) atoms. The van der Waals surface area contributed by atoms with Gasteiger partial charge in [0.05, 0.1) is 5.56 Å². The van der Waals surface area contributed by atoms with E-state index in [1.165, 1.54) is 30.8 Å². The lowest BCUT2D eigenvalue weighted by molar-refractivity contribution is -0.130. The van der Waals surface area contributed by atoms with Crippen molar-refractivity contribution in [3.8, 4) is 0 Å². The second-order valence-electron chi connectivity index (χ2n) is 8.63. The molecule has 1 aromatic rings. The molecule has 0 fully saturated rings. The molecule has 3 amide bonds. The number of aliphatic imine (C=N–C) groups is 1. The Labute approximate surface area is 198 Å². The highest BCUT2D eigenvalue weighted by molar-refractivity contribution is 8.15. The van der Waals surface area contributed by atoms with E-state index in [4.69, 9.17) is 4.74 Å². The Balaban J connectivity index is 1.94. The lowest BCUT2D eigenvalue weighted by Gasteiger charge is -2.23. The number of rotatable bonds is 8. The fourth-order valence-electron chi connectivity index (χ4n) is 3.00. The monoisotopic (exact) mass is 476 g/mol. The minimum atomic E-state index is -0.972. The third kappa shape index (κ3) is 7.88. The van der Waals surface area contributed by atoms with Gasteiger partial charge in [-0.1, -0.05) is 17.8 Å². The van der Waals surface area contributed by atoms with Gasteiger partial charge in [-0.15, -0.1) is 0 Å². The fraction of sp³-hybridized carbons (Fsp3) is 0.522. The number of nitrogens with one attached hydrogen (secondary N) is 2. The molecule has 9 nitrogen and oxygen atoms in total. The van der Waals surface area contributed by atoms with E-state index in [0.717, 1.165) is 13.1 Å². The van der Waals surface area contributed by atoms with E-state index in [9.17, 15) is 19.2 Å². The Kier molecular flexibility index (Phi) is 9.04. The van der Waals surface area contributed by atoms with E-state index in [0.29, 0.717) is 10.9 Å². The summed E-state index contributed by atoms with van der Waals surface area (Å²) in [7, 11) is 0. The number of carbonyl (C=O) groups is 4. The highest BCUT2D eigenvalue weighted by Gasteiger charge is 2.32. The second kappa shape index (κ2) is 11.3. The van der Waals surface area contributed by atoms with E-state index in [1.54, 1.807) is 12.1 Å². The standard InChI is InChI=1S/C23H32N4O5S/c1-7-27(8-2)22-25-20(30)17(33-22)13-18(28)24-16-11-9-10-15(12-16)21(31)32-14(3)19(29)26-23(4,5)6/h9-12,14,17H,7-8,13H2,1-6H3,(H,24,28)(H,26,29). The third-order valence-corrected chi connectivity index (χ3v) is 5.88. The molecule has 0 saturated carbocycles. The molecule has 2 atom stereocenters. The molecule has 0 aliphatic carbocycles. The van der Waals surface area contributed by atoms with Crippen LogP contribution in [0.25, 0.3) is 0 Å². The quantitative estimate of drug-likeness (QED) is 0.554. The third-order valence-electron chi connectivity index (χ3n) is 4.67. The maximum absolute atomic E-state index is 12.5. The first-order valence-corrected chi connectivity index (χ1v) is 11.8. The predicted molar refractivity (Wildman–Crippen MR) is 129 cm³/mol. The summed E-state index contributed by atoms with van der Waals surface area (Å²) in [6.45, 7) is 12.4. The van der Waals surface area contributed by atoms with Crippen molar-refractivity contribution >= 4 is 46.3 Å². The Morgan fingerprint density at radius 3 is 2.48 bits per heavy atom. The maximum atomic E-state index is 12.5. The van der Waals surface area contributed by atoms with Crippen molar-refractivity contribution < 1.29 is 23.9 Å². The van der Waals surface area contributed by atoms with Gasteiger partial charge in [-0.3, -0.25) is 14.4 Å². The van der Waals surface area contributed by atoms with E-state index >= 15 is 0 Å². The van der Waals surface area contributed by atoms with Crippen LogP contribution in [0.2, 0.25) is 0 Å². The highest BCUT2D eigenvalue weighted by Crippen LogP contribution is 2.27. The normalized spacial score (nSPS) is 16.6. The number of amides is 3. The minimum absolute atomic E-state index is 0.0313. The molecule has 0 aromatic heterocycles. The summed E-state index contributed by atoms with van der Waals surface area (Å²) < 4.78 is 5.25. The molecular weight excluding hydrogens is 444 g/mol. The van der Waals surface area contributed by atoms with Gasteiger partial charge in [0.2, 0.25) is 5.91 Å². The van der Waals surface area contributed by atoms with Gasteiger partial charge in [-0.25, -0.2) is 4.79 Å². The molecule has 10 heteroatoms. The summed E-state index contributed by atoms with van der Waals surface area (Å²) in [5.41, 5.74) is 0.140. The van der Waals surface area contributed by atoms with Gasteiger partial charge in [0.1, 0.15) is 5.25 Å². The zero-order chi connectivity index (χ0) is 24.8. The number of esters is 1. The number of ether oxygens (including phenoxy) is 1. The first-order chi connectivity index (χ1) is 15.4. The smallest absolute Gasteiger partial charge is 0.338 e. The zero-order valence-corrected chi connectivity index (χ0v) is 20.7. The Morgan fingerprint density at radius 1 is 1.21 bits per heavy atom. The number of thioether (sulfide) groups is 1. The van der Waals surface area contributed by atoms with Gasteiger partial charge in [-0.05, 0) is 59.7 Å². The lowest BCUT2D eigenvalue weighted by atomic mass is 10.1. The van der Waals surface area contributed by atoms with Crippen LogP contribution in [0, 0.1) is 0 Å². The summed E-state index contributed by atoms with van der Waals surface area (Å²) in [6, 6.07) is 6.23. The van der Waals surface area contributed by atoms with Crippen LogP contribution in [0.1, 0.15) is 58.3 Å². The fourth-order valence-corrected chi connectivity index (χ4v) is 4.19. The summed E-state index contributed by atoms with van der Waals surface area (Å²) in [6.07, 6.45) is -1.00. The number of amidine groups is 1. The molecule has 0 radical (unpaired) electrons. The van der Waals surface area contributed by atoms with Crippen molar-refractivity contribution in [2.24, 2.45) is 4.99 Å². The van der Waals surface area contributed by atoms with Crippen LogP contribution >= 0.6 is 11.8 Å². The van der Waals surface area contributed by atoms with E-state index in [-0.39, 0.29) is 23.8 Å². The van der Waals surface area contributed by atoms with Crippen molar-refractivity contribution in [2.75, 3.05) is 18.4 Å². The van der Waals surface area contributed by atoms with Crippen molar-refractivity contribution in [3.63, 3.8) is 0 Å².